The normalized spacial score (nSPS) is 26.4. The van der Waals surface area contributed by atoms with E-state index in [9.17, 15) is 4.39 Å². The van der Waals surface area contributed by atoms with Crippen LogP contribution in [-0.2, 0) is 6.42 Å². The molecule has 1 nitrogen and oxygen atoms in total. The van der Waals surface area contributed by atoms with Crippen LogP contribution >= 0.6 is 11.6 Å². The maximum absolute atomic E-state index is 14.0. The van der Waals surface area contributed by atoms with E-state index in [1.165, 1.54) is 6.42 Å². The van der Waals surface area contributed by atoms with Gasteiger partial charge in [-0.3, -0.25) is 0 Å². The van der Waals surface area contributed by atoms with Gasteiger partial charge in [0.25, 0.3) is 0 Å². The molecule has 19 heavy (non-hydrogen) atoms. The van der Waals surface area contributed by atoms with Crippen LogP contribution < -0.4 is 5.73 Å². The predicted molar refractivity (Wildman–Crippen MR) is 78.8 cm³/mol. The molecule has 0 spiro atoms. The minimum Gasteiger partial charge on any atom is -0.330 e. The highest BCUT2D eigenvalue weighted by molar-refractivity contribution is 6.30. The van der Waals surface area contributed by atoms with E-state index in [0.29, 0.717) is 23.8 Å². The molecule has 106 valence electrons. The highest BCUT2D eigenvalue weighted by atomic mass is 35.5. The van der Waals surface area contributed by atoms with E-state index < -0.39 is 0 Å². The molecule has 2 unspecified atom stereocenters. The van der Waals surface area contributed by atoms with Gasteiger partial charge in [-0.25, -0.2) is 4.39 Å². The number of halogens is 2. The third kappa shape index (κ3) is 3.49. The summed E-state index contributed by atoms with van der Waals surface area (Å²) in [6.45, 7) is 5.28. The largest absolute Gasteiger partial charge is 0.330 e. The van der Waals surface area contributed by atoms with E-state index in [4.69, 9.17) is 17.3 Å². The lowest BCUT2D eigenvalue weighted by Crippen LogP contribution is -2.35. The summed E-state index contributed by atoms with van der Waals surface area (Å²) >= 11 is 5.86. The second-order valence-electron chi connectivity index (χ2n) is 6.58. The van der Waals surface area contributed by atoms with Crippen molar-refractivity contribution >= 4 is 11.6 Å². The Bertz CT molecular complexity index is 444. The van der Waals surface area contributed by atoms with Crippen molar-refractivity contribution in [2.75, 3.05) is 6.54 Å². The molecule has 0 amide bonds. The summed E-state index contributed by atoms with van der Waals surface area (Å²) in [4.78, 5) is 0. The third-order valence-corrected chi connectivity index (χ3v) is 4.78. The van der Waals surface area contributed by atoms with Gasteiger partial charge in [-0.15, -0.1) is 0 Å². The van der Waals surface area contributed by atoms with Gasteiger partial charge in [0, 0.05) is 0 Å². The van der Waals surface area contributed by atoms with Crippen LogP contribution in [-0.4, -0.2) is 6.54 Å². The molecule has 1 aromatic rings. The number of benzene rings is 1. The van der Waals surface area contributed by atoms with Crippen LogP contribution in [0.1, 0.15) is 38.7 Å². The first-order valence-corrected chi connectivity index (χ1v) is 7.44. The average Bonchev–Trinajstić information content (AvgIpc) is 2.34. The molecule has 0 radical (unpaired) electrons. The van der Waals surface area contributed by atoms with Crippen molar-refractivity contribution in [1.82, 2.24) is 0 Å². The van der Waals surface area contributed by atoms with Gasteiger partial charge in [0.1, 0.15) is 5.82 Å². The Hall–Kier alpha value is -0.600. The summed E-state index contributed by atoms with van der Waals surface area (Å²) in [5.74, 6) is 0.705. The molecule has 0 aliphatic heterocycles. The van der Waals surface area contributed by atoms with Gasteiger partial charge in [0.15, 0.2) is 0 Å². The monoisotopic (exact) mass is 283 g/mol. The van der Waals surface area contributed by atoms with Crippen LogP contribution in [0, 0.1) is 23.1 Å². The molecule has 1 saturated carbocycles. The summed E-state index contributed by atoms with van der Waals surface area (Å²) in [6.07, 6.45) is 4.22. The van der Waals surface area contributed by atoms with Crippen LogP contribution in [0.25, 0.3) is 0 Å². The Balaban J connectivity index is 2.17. The Morgan fingerprint density at radius 3 is 2.79 bits per heavy atom. The molecule has 1 fully saturated rings. The molecule has 0 saturated heterocycles. The van der Waals surface area contributed by atoms with Gasteiger partial charge in [0.2, 0.25) is 0 Å². The van der Waals surface area contributed by atoms with Crippen LogP contribution in [0.3, 0.4) is 0 Å². The zero-order valence-electron chi connectivity index (χ0n) is 11.8. The molecule has 1 aliphatic rings. The van der Waals surface area contributed by atoms with Crippen LogP contribution in [0.4, 0.5) is 4.39 Å². The Morgan fingerprint density at radius 1 is 1.37 bits per heavy atom. The van der Waals surface area contributed by atoms with Gasteiger partial charge in [-0.2, -0.15) is 0 Å². The van der Waals surface area contributed by atoms with E-state index in [1.54, 1.807) is 6.07 Å². The lowest BCUT2D eigenvalue weighted by atomic mass is 9.65. The van der Waals surface area contributed by atoms with Gasteiger partial charge < -0.3 is 5.73 Å². The molecule has 3 heteroatoms. The molecule has 2 rings (SSSR count). The molecular formula is C16H23ClFN. The van der Waals surface area contributed by atoms with Crippen molar-refractivity contribution < 1.29 is 4.39 Å². The predicted octanol–water partition coefficient (Wildman–Crippen LogP) is 4.42. The van der Waals surface area contributed by atoms with E-state index in [2.05, 4.69) is 13.8 Å². The van der Waals surface area contributed by atoms with Crippen molar-refractivity contribution in [2.45, 2.75) is 39.5 Å². The highest BCUT2D eigenvalue weighted by Gasteiger charge is 2.34. The van der Waals surface area contributed by atoms with Crippen molar-refractivity contribution in [2.24, 2.45) is 23.0 Å². The van der Waals surface area contributed by atoms with Crippen molar-refractivity contribution in [3.8, 4) is 0 Å². The summed E-state index contributed by atoms with van der Waals surface area (Å²) in [5.41, 5.74) is 6.95. The molecule has 2 atom stereocenters. The number of nitrogens with two attached hydrogens (primary N) is 1. The van der Waals surface area contributed by atoms with Gasteiger partial charge in [-0.1, -0.05) is 37.6 Å². The fraction of sp³-hybridized carbons (Fsp3) is 0.625. The van der Waals surface area contributed by atoms with Gasteiger partial charge in [0.05, 0.1) is 5.02 Å². The Labute approximate surface area is 120 Å². The fourth-order valence-corrected chi connectivity index (χ4v) is 3.52. The first-order chi connectivity index (χ1) is 8.93. The molecular weight excluding hydrogens is 261 g/mol. The van der Waals surface area contributed by atoms with E-state index >= 15 is 0 Å². The maximum atomic E-state index is 14.0. The summed E-state index contributed by atoms with van der Waals surface area (Å²) in [6, 6.07) is 5.27. The SMILES string of the molecule is CC1(C)CCC(CN)C(Cc2cccc(Cl)c2F)C1. The lowest BCUT2D eigenvalue weighted by molar-refractivity contribution is 0.121. The standard InChI is InChI=1S/C16H23ClFN/c1-16(2)7-6-12(10-19)13(9-16)8-11-4-3-5-14(17)15(11)18/h3-5,12-13H,6-10,19H2,1-2H3. The quantitative estimate of drug-likeness (QED) is 0.873. The molecule has 1 aromatic carbocycles. The second-order valence-corrected chi connectivity index (χ2v) is 6.99. The maximum Gasteiger partial charge on any atom is 0.144 e. The first-order valence-electron chi connectivity index (χ1n) is 7.06. The minimum atomic E-state index is -0.261. The Kier molecular flexibility index (Phi) is 4.52. The van der Waals surface area contributed by atoms with Crippen LogP contribution in [0.15, 0.2) is 18.2 Å². The number of rotatable bonds is 3. The van der Waals surface area contributed by atoms with Crippen molar-refractivity contribution in [3.63, 3.8) is 0 Å². The molecule has 1 aliphatic carbocycles. The lowest BCUT2D eigenvalue weighted by Gasteiger charge is -2.40. The van der Waals surface area contributed by atoms with Crippen LogP contribution in [0.2, 0.25) is 5.02 Å². The third-order valence-electron chi connectivity index (χ3n) is 4.49. The van der Waals surface area contributed by atoms with Crippen molar-refractivity contribution in [1.29, 1.82) is 0 Å². The van der Waals surface area contributed by atoms with Crippen molar-refractivity contribution in [3.05, 3.63) is 34.6 Å². The zero-order chi connectivity index (χ0) is 14.0. The molecule has 0 heterocycles. The summed E-state index contributed by atoms with van der Waals surface area (Å²) < 4.78 is 14.0. The highest BCUT2D eigenvalue weighted by Crippen LogP contribution is 2.43. The minimum absolute atomic E-state index is 0.219. The average molecular weight is 284 g/mol. The molecule has 0 aromatic heterocycles. The Morgan fingerprint density at radius 2 is 2.11 bits per heavy atom. The van der Waals surface area contributed by atoms with Crippen LogP contribution in [0.5, 0.6) is 0 Å². The fourth-order valence-electron chi connectivity index (χ4n) is 3.33. The number of hydrogen-bond donors (Lipinski definition) is 1. The molecule has 0 bridgehead atoms. The van der Waals surface area contributed by atoms with E-state index in [1.807, 2.05) is 12.1 Å². The molecule has 2 N–H and O–H groups in total. The smallest absolute Gasteiger partial charge is 0.144 e. The summed E-state index contributed by atoms with van der Waals surface area (Å²) in [7, 11) is 0. The van der Waals surface area contributed by atoms with Gasteiger partial charge in [-0.05, 0) is 61.1 Å². The van der Waals surface area contributed by atoms with Gasteiger partial charge >= 0.3 is 0 Å². The van der Waals surface area contributed by atoms with E-state index in [0.717, 1.165) is 24.8 Å². The van der Waals surface area contributed by atoms with E-state index in [-0.39, 0.29) is 10.8 Å². The number of hydrogen-bond acceptors (Lipinski definition) is 1. The topological polar surface area (TPSA) is 26.0 Å². The first kappa shape index (κ1) is 14.8. The zero-order valence-corrected chi connectivity index (χ0v) is 12.5. The second kappa shape index (κ2) is 5.80. The summed E-state index contributed by atoms with van der Waals surface area (Å²) in [5, 5.41) is 0.219.